The van der Waals surface area contributed by atoms with Gasteiger partial charge in [-0.25, -0.2) is 9.67 Å². The van der Waals surface area contributed by atoms with E-state index in [1.165, 1.54) is 0 Å². The molecular formula is C22H26N6O2. The summed E-state index contributed by atoms with van der Waals surface area (Å²) in [5.41, 5.74) is 4.65. The molecule has 2 atom stereocenters. The van der Waals surface area contributed by atoms with E-state index < -0.39 is 0 Å². The van der Waals surface area contributed by atoms with Gasteiger partial charge in [-0.15, -0.1) is 5.10 Å². The first-order chi connectivity index (χ1) is 14.5. The molecule has 1 aliphatic heterocycles. The first-order valence-electron chi connectivity index (χ1n) is 10.1. The zero-order valence-corrected chi connectivity index (χ0v) is 17.4. The van der Waals surface area contributed by atoms with E-state index in [2.05, 4.69) is 33.6 Å². The zero-order chi connectivity index (χ0) is 21.3. The fraction of sp³-hybridized carbons (Fsp3) is 0.364. The van der Waals surface area contributed by atoms with Gasteiger partial charge in [-0.3, -0.25) is 4.79 Å². The Labute approximate surface area is 175 Å². The Hall–Kier alpha value is -3.26. The number of aromatic nitrogens is 4. The van der Waals surface area contributed by atoms with Crippen molar-refractivity contribution >= 4 is 17.4 Å². The first-order valence-corrected chi connectivity index (χ1v) is 10.1. The number of amides is 1. The average molecular weight is 406 g/mol. The summed E-state index contributed by atoms with van der Waals surface area (Å²) in [5.74, 6) is 0.870. The Morgan fingerprint density at radius 1 is 1.33 bits per heavy atom. The van der Waals surface area contributed by atoms with Gasteiger partial charge in [-0.1, -0.05) is 17.3 Å². The number of rotatable bonds is 5. The standard InChI is InChI=1S/C22H26N6O2/c1-14-5-4-8-23-22(14)24-19-11-15(2)28(16(3)30)21-7-6-17(12-18(19)21)20-13-27(9-10-29)26-25-20/h4-8,12-13,15,19,29H,9-11H2,1-3H3,(H,23,24)/t15-,19+/m0/s1. The van der Waals surface area contributed by atoms with Gasteiger partial charge in [0.2, 0.25) is 5.91 Å². The summed E-state index contributed by atoms with van der Waals surface area (Å²) in [7, 11) is 0. The van der Waals surface area contributed by atoms with Gasteiger partial charge in [-0.05, 0) is 49.6 Å². The molecule has 30 heavy (non-hydrogen) atoms. The predicted molar refractivity (Wildman–Crippen MR) is 115 cm³/mol. The van der Waals surface area contributed by atoms with E-state index in [4.69, 9.17) is 5.11 Å². The van der Waals surface area contributed by atoms with E-state index in [1.54, 1.807) is 17.8 Å². The molecule has 0 saturated carbocycles. The van der Waals surface area contributed by atoms with Crippen molar-refractivity contribution < 1.29 is 9.90 Å². The van der Waals surface area contributed by atoms with Crippen molar-refractivity contribution in [3.8, 4) is 11.3 Å². The number of anilines is 2. The van der Waals surface area contributed by atoms with Crippen molar-refractivity contribution in [2.24, 2.45) is 0 Å². The Balaban J connectivity index is 1.76. The van der Waals surface area contributed by atoms with Crippen LogP contribution < -0.4 is 10.2 Å². The molecule has 4 rings (SSSR count). The van der Waals surface area contributed by atoms with Crippen LogP contribution in [0.15, 0.2) is 42.7 Å². The Morgan fingerprint density at radius 2 is 2.17 bits per heavy atom. The summed E-state index contributed by atoms with van der Waals surface area (Å²) in [6, 6.07) is 10.0. The van der Waals surface area contributed by atoms with E-state index in [9.17, 15) is 4.79 Å². The zero-order valence-electron chi connectivity index (χ0n) is 17.4. The minimum Gasteiger partial charge on any atom is -0.394 e. The highest BCUT2D eigenvalue weighted by molar-refractivity contribution is 5.94. The summed E-state index contributed by atoms with van der Waals surface area (Å²) in [6.45, 7) is 6.11. The monoisotopic (exact) mass is 406 g/mol. The van der Waals surface area contributed by atoms with E-state index in [0.29, 0.717) is 6.54 Å². The maximum absolute atomic E-state index is 12.4. The SMILES string of the molecule is CC(=O)N1c2ccc(-c3cn(CCO)nn3)cc2[C@H](Nc2ncccc2C)C[C@@H]1C. The van der Waals surface area contributed by atoms with Crippen LogP contribution in [0.2, 0.25) is 0 Å². The van der Waals surface area contributed by atoms with Crippen LogP contribution in [0.5, 0.6) is 0 Å². The Morgan fingerprint density at radius 3 is 2.90 bits per heavy atom. The maximum Gasteiger partial charge on any atom is 0.224 e. The highest BCUT2D eigenvalue weighted by Gasteiger charge is 2.33. The summed E-state index contributed by atoms with van der Waals surface area (Å²) in [4.78, 5) is 18.7. The van der Waals surface area contributed by atoms with Crippen LogP contribution in [0.1, 0.15) is 37.4 Å². The van der Waals surface area contributed by atoms with Crippen LogP contribution in [0.25, 0.3) is 11.3 Å². The molecule has 2 N–H and O–H groups in total. The Bertz CT molecular complexity index is 1060. The molecular weight excluding hydrogens is 380 g/mol. The number of pyridine rings is 1. The smallest absolute Gasteiger partial charge is 0.224 e. The molecule has 8 heteroatoms. The van der Waals surface area contributed by atoms with Crippen molar-refractivity contribution in [3.63, 3.8) is 0 Å². The number of hydrogen-bond acceptors (Lipinski definition) is 6. The molecule has 2 aromatic heterocycles. The van der Waals surface area contributed by atoms with Crippen LogP contribution in [0, 0.1) is 6.92 Å². The van der Waals surface area contributed by atoms with E-state index >= 15 is 0 Å². The van der Waals surface area contributed by atoms with Gasteiger partial charge >= 0.3 is 0 Å². The number of nitrogens with zero attached hydrogens (tertiary/aromatic N) is 5. The number of fused-ring (bicyclic) bond motifs is 1. The van der Waals surface area contributed by atoms with Gasteiger partial charge < -0.3 is 15.3 Å². The highest BCUT2D eigenvalue weighted by atomic mass is 16.3. The lowest BCUT2D eigenvalue weighted by Gasteiger charge is -2.39. The molecule has 1 amide bonds. The highest BCUT2D eigenvalue weighted by Crippen LogP contribution is 2.41. The Kier molecular flexibility index (Phi) is 5.50. The minimum atomic E-state index is 0.00615. The largest absolute Gasteiger partial charge is 0.394 e. The fourth-order valence-electron chi connectivity index (χ4n) is 4.08. The second kappa shape index (κ2) is 8.23. The molecule has 156 valence electrons. The van der Waals surface area contributed by atoms with Crippen molar-refractivity contribution in [2.75, 3.05) is 16.8 Å². The summed E-state index contributed by atoms with van der Waals surface area (Å²) in [6.07, 6.45) is 4.36. The topological polar surface area (TPSA) is 96.2 Å². The number of carbonyl (C=O) groups excluding carboxylic acids is 1. The second-order valence-corrected chi connectivity index (χ2v) is 7.70. The third-order valence-electron chi connectivity index (χ3n) is 5.50. The van der Waals surface area contributed by atoms with Crippen LogP contribution >= 0.6 is 0 Å². The fourth-order valence-corrected chi connectivity index (χ4v) is 4.08. The van der Waals surface area contributed by atoms with Crippen molar-refractivity contribution in [2.45, 2.75) is 45.8 Å². The first kappa shape index (κ1) is 20.0. The molecule has 0 spiro atoms. The van der Waals surface area contributed by atoms with Gasteiger partial charge in [0.1, 0.15) is 11.5 Å². The van der Waals surface area contributed by atoms with Gasteiger partial charge in [0.25, 0.3) is 0 Å². The van der Waals surface area contributed by atoms with Gasteiger partial charge in [0.15, 0.2) is 0 Å². The molecule has 0 fully saturated rings. The molecule has 1 aliphatic rings. The number of carbonyl (C=O) groups is 1. The molecule has 0 bridgehead atoms. The number of aliphatic hydroxyl groups excluding tert-OH is 1. The molecule has 0 radical (unpaired) electrons. The summed E-state index contributed by atoms with van der Waals surface area (Å²) < 4.78 is 1.62. The molecule has 8 nitrogen and oxygen atoms in total. The predicted octanol–water partition coefficient (Wildman–Crippen LogP) is 2.94. The van der Waals surface area contributed by atoms with Crippen LogP contribution in [0.3, 0.4) is 0 Å². The van der Waals surface area contributed by atoms with Crippen molar-refractivity contribution in [1.82, 2.24) is 20.0 Å². The van der Waals surface area contributed by atoms with Gasteiger partial charge in [0.05, 0.1) is 25.4 Å². The number of aryl methyl sites for hydroxylation is 1. The normalized spacial score (nSPS) is 18.2. The second-order valence-electron chi connectivity index (χ2n) is 7.70. The summed E-state index contributed by atoms with van der Waals surface area (Å²) >= 11 is 0. The van der Waals surface area contributed by atoms with Gasteiger partial charge in [0, 0.05) is 30.4 Å². The van der Waals surface area contributed by atoms with Crippen LogP contribution in [-0.4, -0.2) is 43.6 Å². The van der Waals surface area contributed by atoms with E-state index in [-0.39, 0.29) is 24.6 Å². The molecule has 3 aromatic rings. The maximum atomic E-state index is 12.4. The quantitative estimate of drug-likeness (QED) is 0.676. The van der Waals surface area contributed by atoms with E-state index in [0.717, 1.165) is 40.3 Å². The number of aliphatic hydroxyl groups is 1. The molecule has 1 aromatic carbocycles. The van der Waals surface area contributed by atoms with Crippen LogP contribution in [0.4, 0.5) is 11.5 Å². The number of hydrogen-bond donors (Lipinski definition) is 2. The third-order valence-corrected chi connectivity index (χ3v) is 5.50. The average Bonchev–Trinajstić information content (AvgIpc) is 3.18. The lowest BCUT2D eigenvalue weighted by atomic mass is 9.89. The number of benzene rings is 1. The van der Waals surface area contributed by atoms with E-state index in [1.807, 2.05) is 42.3 Å². The molecule has 0 aliphatic carbocycles. The molecule has 0 unspecified atom stereocenters. The lowest BCUT2D eigenvalue weighted by molar-refractivity contribution is -0.117. The summed E-state index contributed by atoms with van der Waals surface area (Å²) in [5, 5.41) is 21.0. The van der Waals surface area contributed by atoms with Crippen molar-refractivity contribution in [1.29, 1.82) is 0 Å². The number of nitrogens with one attached hydrogen (secondary N) is 1. The van der Waals surface area contributed by atoms with Crippen LogP contribution in [-0.2, 0) is 11.3 Å². The third kappa shape index (κ3) is 3.78. The lowest BCUT2D eigenvalue weighted by Crippen LogP contribution is -2.43. The molecule has 0 saturated heterocycles. The minimum absolute atomic E-state index is 0.00615. The van der Waals surface area contributed by atoms with Gasteiger partial charge in [-0.2, -0.15) is 0 Å². The molecule has 3 heterocycles. The van der Waals surface area contributed by atoms with Crippen molar-refractivity contribution in [3.05, 3.63) is 53.9 Å².